The van der Waals surface area contributed by atoms with Crippen molar-refractivity contribution < 1.29 is 4.74 Å². The van der Waals surface area contributed by atoms with Crippen LogP contribution < -0.4 is 10.2 Å². The topological polar surface area (TPSA) is 24.5 Å². The van der Waals surface area contributed by atoms with Gasteiger partial charge in [-0.3, -0.25) is 0 Å². The minimum absolute atomic E-state index is 0.538. The highest BCUT2D eigenvalue weighted by Crippen LogP contribution is 2.26. The van der Waals surface area contributed by atoms with Crippen molar-refractivity contribution in [2.45, 2.75) is 25.9 Å². The van der Waals surface area contributed by atoms with Crippen molar-refractivity contribution in [1.29, 1.82) is 0 Å². The summed E-state index contributed by atoms with van der Waals surface area (Å²) in [6.45, 7) is 4.76. The van der Waals surface area contributed by atoms with E-state index in [2.05, 4.69) is 64.6 Å². The molecule has 0 saturated heterocycles. The van der Waals surface area contributed by atoms with E-state index in [0.717, 1.165) is 24.2 Å². The summed E-state index contributed by atoms with van der Waals surface area (Å²) in [5.41, 5.74) is 2.62. The molecule has 0 heterocycles. The standard InChI is InChI=1S/C16H27BrN2OS/c1-13(7-10-21-4)19(2)16-6-5-15(17)11-14(16)12-18-8-9-20-3/h5-6,11,13,18H,7-10,12H2,1-4H3. The third kappa shape index (κ3) is 6.59. The van der Waals surface area contributed by atoms with Gasteiger partial charge >= 0.3 is 0 Å². The smallest absolute Gasteiger partial charge is 0.0587 e. The highest BCUT2D eigenvalue weighted by Gasteiger charge is 2.13. The Morgan fingerprint density at radius 3 is 2.86 bits per heavy atom. The molecule has 1 N–H and O–H groups in total. The van der Waals surface area contributed by atoms with E-state index in [1.165, 1.54) is 23.4 Å². The summed E-state index contributed by atoms with van der Waals surface area (Å²) in [5.74, 6) is 1.20. The van der Waals surface area contributed by atoms with E-state index in [4.69, 9.17) is 4.74 Å². The van der Waals surface area contributed by atoms with Crippen LogP contribution in [0.15, 0.2) is 22.7 Å². The van der Waals surface area contributed by atoms with Gasteiger partial charge in [-0.15, -0.1) is 0 Å². The molecule has 0 spiro atoms. The van der Waals surface area contributed by atoms with Crippen LogP contribution in [0.2, 0.25) is 0 Å². The molecule has 1 unspecified atom stereocenters. The molecule has 21 heavy (non-hydrogen) atoms. The first-order chi connectivity index (χ1) is 10.1. The summed E-state index contributed by atoms with van der Waals surface area (Å²) in [4.78, 5) is 2.38. The van der Waals surface area contributed by atoms with Gasteiger partial charge in [0.2, 0.25) is 0 Å². The number of hydrogen-bond donors (Lipinski definition) is 1. The lowest BCUT2D eigenvalue weighted by Gasteiger charge is -2.29. The van der Waals surface area contributed by atoms with Crippen LogP contribution >= 0.6 is 27.7 Å². The van der Waals surface area contributed by atoms with Crippen molar-refractivity contribution in [3.05, 3.63) is 28.2 Å². The quantitative estimate of drug-likeness (QED) is 0.630. The number of thioether (sulfide) groups is 1. The predicted molar refractivity (Wildman–Crippen MR) is 98.6 cm³/mol. The Kier molecular flexibility index (Phi) is 9.40. The van der Waals surface area contributed by atoms with Gasteiger partial charge < -0.3 is 15.0 Å². The zero-order chi connectivity index (χ0) is 15.7. The Labute approximate surface area is 141 Å². The fourth-order valence-corrected chi connectivity index (χ4v) is 3.14. The molecular weight excluding hydrogens is 348 g/mol. The summed E-state index contributed by atoms with van der Waals surface area (Å²) in [7, 11) is 3.92. The average Bonchev–Trinajstić information content (AvgIpc) is 2.48. The third-order valence-corrected chi connectivity index (χ3v) is 4.76. The second-order valence-corrected chi connectivity index (χ2v) is 7.09. The Morgan fingerprint density at radius 2 is 2.19 bits per heavy atom. The predicted octanol–water partition coefficient (Wildman–Crippen LogP) is 3.76. The monoisotopic (exact) mass is 374 g/mol. The molecule has 3 nitrogen and oxygen atoms in total. The zero-order valence-electron chi connectivity index (χ0n) is 13.5. The summed E-state index contributed by atoms with van der Waals surface area (Å²) in [5, 5.41) is 3.43. The maximum absolute atomic E-state index is 5.08. The summed E-state index contributed by atoms with van der Waals surface area (Å²) < 4.78 is 6.20. The van der Waals surface area contributed by atoms with E-state index >= 15 is 0 Å². The van der Waals surface area contributed by atoms with Gasteiger partial charge in [0, 0.05) is 43.4 Å². The molecule has 0 aliphatic rings. The minimum atomic E-state index is 0.538. The van der Waals surface area contributed by atoms with Crippen LogP contribution in [0.4, 0.5) is 5.69 Å². The van der Waals surface area contributed by atoms with Gasteiger partial charge in [-0.25, -0.2) is 0 Å². The SMILES string of the molecule is COCCNCc1cc(Br)ccc1N(C)C(C)CCSC. The van der Waals surface area contributed by atoms with E-state index < -0.39 is 0 Å². The normalized spacial score (nSPS) is 12.4. The van der Waals surface area contributed by atoms with Crippen LogP contribution in [-0.4, -0.2) is 45.4 Å². The molecule has 120 valence electrons. The van der Waals surface area contributed by atoms with Gasteiger partial charge in [0.1, 0.15) is 0 Å². The van der Waals surface area contributed by atoms with Crippen molar-refractivity contribution in [3.63, 3.8) is 0 Å². The van der Waals surface area contributed by atoms with E-state index in [9.17, 15) is 0 Å². The van der Waals surface area contributed by atoms with E-state index in [-0.39, 0.29) is 0 Å². The summed E-state index contributed by atoms with van der Waals surface area (Å²) in [6, 6.07) is 7.06. The van der Waals surface area contributed by atoms with E-state index in [1.54, 1.807) is 7.11 Å². The first-order valence-corrected chi connectivity index (χ1v) is 9.48. The van der Waals surface area contributed by atoms with E-state index in [0.29, 0.717) is 6.04 Å². The minimum Gasteiger partial charge on any atom is -0.383 e. The van der Waals surface area contributed by atoms with Crippen LogP contribution in [-0.2, 0) is 11.3 Å². The summed E-state index contributed by atoms with van der Waals surface area (Å²) >= 11 is 5.48. The first-order valence-electron chi connectivity index (χ1n) is 7.30. The molecular formula is C16H27BrN2OS. The number of methoxy groups -OCH3 is 1. The molecule has 0 aromatic heterocycles. The maximum atomic E-state index is 5.08. The first kappa shape index (κ1) is 18.8. The number of hydrogen-bond acceptors (Lipinski definition) is 4. The van der Waals surface area contributed by atoms with Crippen molar-refractivity contribution in [1.82, 2.24) is 5.32 Å². The van der Waals surface area contributed by atoms with Crippen molar-refractivity contribution in [2.75, 3.05) is 44.2 Å². The van der Waals surface area contributed by atoms with Crippen molar-refractivity contribution >= 4 is 33.4 Å². The molecule has 1 rings (SSSR count). The zero-order valence-corrected chi connectivity index (χ0v) is 15.9. The number of halogens is 1. The van der Waals surface area contributed by atoms with Crippen molar-refractivity contribution in [3.8, 4) is 0 Å². The Bertz CT molecular complexity index is 417. The molecule has 0 saturated carbocycles. The molecule has 0 aliphatic carbocycles. The Hall–Kier alpha value is -0.230. The average molecular weight is 375 g/mol. The molecule has 1 aromatic rings. The lowest BCUT2D eigenvalue weighted by atomic mass is 10.1. The molecule has 0 bridgehead atoms. The number of nitrogens with one attached hydrogen (secondary N) is 1. The van der Waals surface area contributed by atoms with Gasteiger partial charge in [-0.05, 0) is 49.1 Å². The number of nitrogens with zero attached hydrogens (tertiary/aromatic N) is 1. The lowest BCUT2D eigenvalue weighted by Crippen LogP contribution is -2.31. The second-order valence-electron chi connectivity index (χ2n) is 5.18. The number of benzene rings is 1. The van der Waals surface area contributed by atoms with Crippen LogP contribution in [0.25, 0.3) is 0 Å². The number of ether oxygens (including phenoxy) is 1. The number of anilines is 1. The molecule has 1 atom stereocenters. The summed E-state index contributed by atoms with van der Waals surface area (Å²) in [6.07, 6.45) is 3.36. The van der Waals surface area contributed by atoms with Crippen molar-refractivity contribution in [2.24, 2.45) is 0 Å². The molecule has 0 fully saturated rings. The van der Waals surface area contributed by atoms with Gasteiger partial charge in [-0.2, -0.15) is 11.8 Å². The number of rotatable bonds is 10. The van der Waals surface area contributed by atoms with Gasteiger partial charge in [0.05, 0.1) is 6.61 Å². The highest BCUT2D eigenvalue weighted by atomic mass is 79.9. The fraction of sp³-hybridized carbons (Fsp3) is 0.625. The van der Waals surface area contributed by atoms with Crippen LogP contribution in [0.1, 0.15) is 18.9 Å². The second kappa shape index (κ2) is 10.5. The van der Waals surface area contributed by atoms with Gasteiger partial charge in [-0.1, -0.05) is 15.9 Å². The van der Waals surface area contributed by atoms with Crippen LogP contribution in [0.5, 0.6) is 0 Å². The highest BCUT2D eigenvalue weighted by molar-refractivity contribution is 9.10. The molecule has 0 amide bonds. The maximum Gasteiger partial charge on any atom is 0.0587 e. The van der Waals surface area contributed by atoms with Gasteiger partial charge in [0.15, 0.2) is 0 Å². The van der Waals surface area contributed by atoms with Crippen LogP contribution in [0.3, 0.4) is 0 Å². The van der Waals surface area contributed by atoms with E-state index in [1.807, 2.05) is 11.8 Å². The van der Waals surface area contributed by atoms with Gasteiger partial charge in [0.25, 0.3) is 0 Å². The molecule has 5 heteroatoms. The van der Waals surface area contributed by atoms with Crippen LogP contribution in [0, 0.1) is 0 Å². The lowest BCUT2D eigenvalue weighted by molar-refractivity contribution is 0.199. The largest absolute Gasteiger partial charge is 0.383 e. The molecule has 0 radical (unpaired) electrons. The molecule has 0 aliphatic heterocycles. The Morgan fingerprint density at radius 1 is 1.43 bits per heavy atom. The molecule has 1 aromatic carbocycles. The fourth-order valence-electron chi connectivity index (χ4n) is 2.16. The third-order valence-electron chi connectivity index (χ3n) is 3.62. The Balaban J connectivity index is 2.74.